The molecule has 1 heteroatoms. The Balaban J connectivity index is 2.32. The lowest BCUT2D eigenvalue weighted by Gasteiger charge is -2.08. The van der Waals surface area contributed by atoms with E-state index in [1.165, 1.54) is 33.7 Å². The van der Waals surface area contributed by atoms with E-state index in [-0.39, 0.29) is 0 Å². The molecule has 1 heterocycles. The van der Waals surface area contributed by atoms with Crippen LogP contribution < -0.4 is 0 Å². The van der Waals surface area contributed by atoms with Crippen LogP contribution >= 0.6 is 11.3 Å². The first kappa shape index (κ1) is 8.76. The predicted molar refractivity (Wildman–Crippen MR) is 60.0 cm³/mol. The molecule has 1 aromatic heterocycles. The van der Waals surface area contributed by atoms with E-state index in [2.05, 4.69) is 38.1 Å². The van der Waals surface area contributed by atoms with E-state index in [4.69, 9.17) is 0 Å². The van der Waals surface area contributed by atoms with Crippen LogP contribution in [-0.4, -0.2) is 0 Å². The summed E-state index contributed by atoms with van der Waals surface area (Å²) in [7, 11) is 0. The molecule has 0 atom stereocenters. The number of aryl methyl sites for hydroxylation is 1. The third-order valence-corrected chi connectivity index (χ3v) is 3.38. The molecule has 0 N–H and O–H groups in total. The Morgan fingerprint density at radius 3 is 2.69 bits per heavy atom. The molecule has 0 bridgehead atoms. The van der Waals surface area contributed by atoms with Crippen molar-refractivity contribution in [3.8, 4) is 0 Å². The van der Waals surface area contributed by atoms with E-state index in [9.17, 15) is 0 Å². The van der Waals surface area contributed by atoms with Crippen LogP contribution in [0, 0.1) is 6.92 Å². The van der Waals surface area contributed by atoms with E-state index in [1.807, 2.05) is 11.3 Å². The normalized spacial score (nSPS) is 16.8. The van der Waals surface area contributed by atoms with Crippen LogP contribution in [0.3, 0.4) is 0 Å². The van der Waals surface area contributed by atoms with Gasteiger partial charge < -0.3 is 0 Å². The first-order valence-corrected chi connectivity index (χ1v) is 5.51. The van der Waals surface area contributed by atoms with Gasteiger partial charge in [0.2, 0.25) is 0 Å². The molecule has 0 nitrogen and oxygen atoms in total. The molecular weight excluding hydrogens is 176 g/mol. The Bertz CT molecular complexity index is 366. The van der Waals surface area contributed by atoms with Crippen molar-refractivity contribution >= 4 is 16.9 Å². The van der Waals surface area contributed by atoms with E-state index < -0.39 is 0 Å². The van der Waals surface area contributed by atoms with Crippen LogP contribution in [0.25, 0.3) is 5.57 Å². The molecule has 13 heavy (non-hydrogen) atoms. The van der Waals surface area contributed by atoms with Crippen molar-refractivity contribution < 1.29 is 0 Å². The van der Waals surface area contributed by atoms with E-state index >= 15 is 0 Å². The van der Waals surface area contributed by atoms with Crippen molar-refractivity contribution in [2.45, 2.75) is 26.7 Å². The lowest BCUT2D eigenvalue weighted by molar-refractivity contribution is 0.966. The second kappa shape index (κ2) is 3.51. The van der Waals surface area contributed by atoms with Gasteiger partial charge in [-0.1, -0.05) is 17.7 Å². The van der Waals surface area contributed by atoms with Gasteiger partial charge in [-0.25, -0.2) is 0 Å². The third-order valence-electron chi connectivity index (χ3n) is 2.33. The summed E-state index contributed by atoms with van der Waals surface area (Å²) in [5.74, 6) is 0. The van der Waals surface area contributed by atoms with Crippen molar-refractivity contribution in [3.63, 3.8) is 0 Å². The number of hydrogen-bond donors (Lipinski definition) is 0. The highest BCUT2D eigenvalue weighted by atomic mass is 32.1. The topological polar surface area (TPSA) is 0 Å². The fourth-order valence-corrected chi connectivity index (χ4v) is 2.49. The van der Waals surface area contributed by atoms with Gasteiger partial charge in [-0.15, -0.1) is 11.3 Å². The Morgan fingerprint density at radius 2 is 2.08 bits per heavy atom. The van der Waals surface area contributed by atoms with Gasteiger partial charge in [-0.2, -0.15) is 0 Å². The van der Waals surface area contributed by atoms with Crippen LogP contribution in [0.15, 0.2) is 29.9 Å². The lowest BCUT2D eigenvalue weighted by Crippen LogP contribution is -1.86. The van der Waals surface area contributed by atoms with Gasteiger partial charge in [0, 0.05) is 9.75 Å². The molecule has 68 valence electrons. The quantitative estimate of drug-likeness (QED) is 0.623. The highest BCUT2D eigenvalue weighted by Crippen LogP contribution is 2.29. The van der Waals surface area contributed by atoms with Crippen LogP contribution in [0.5, 0.6) is 0 Å². The maximum atomic E-state index is 2.35. The monoisotopic (exact) mass is 190 g/mol. The van der Waals surface area contributed by atoms with Crippen LogP contribution in [-0.2, 0) is 0 Å². The summed E-state index contributed by atoms with van der Waals surface area (Å²) in [5, 5.41) is 0. The number of rotatable bonds is 1. The van der Waals surface area contributed by atoms with Crippen LogP contribution in [0.4, 0.5) is 0 Å². The summed E-state index contributed by atoms with van der Waals surface area (Å²) in [6.07, 6.45) is 7.09. The Kier molecular flexibility index (Phi) is 2.36. The van der Waals surface area contributed by atoms with Crippen LogP contribution in [0.2, 0.25) is 0 Å². The molecule has 0 fully saturated rings. The molecule has 1 aromatic rings. The third kappa shape index (κ3) is 1.92. The molecule has 0 saturated heterocycles. The van der Waals surface area contributed by atoms with Gasteiger partial charge in [0.25, 0.3) is 0 Å². The lowest BCUT2D eigenvalue weighted by atomic mass is 10.00. The Hall–Kier alpha value is -0.820. The van der Waals surface area contributed by atoms with Gasteiger partial charge in [0.1, 0.15) is 0 Å². The zero-order valence-corrected chi connectivity index (χ0v) is 8.95. The summed E-state index contributed by atoms with van der Waals surface area (Å²) >= 11 is 1.88. The standard InChI is InChI=1S/C12H14S/c1-9-4-3-5-11(8-9)12-7-6-10(2)13-12/h5-8H,3-4H2,1-2H3. The second-order valence-electron chi connectivity index (χ2n) is 3.60. The van der Waals surface area contributed by atoms with Gasteiger partial charge in [0.15, 0.2) is 0 Å². The average Bonchev–Trinajstić information content (AvgIpc) is 2.52. The molecule has 0 aromatic carbocycles. The summed E-state index contributed by atoms with van der Waals surface area (Å²) in [5.41, 5.74) is 2.92. The van der Waals surface area contributed by atoms with Gasteiger partial charge in [-0.3, -0.25) is 0 Å². The molecule has 0 saturated carbocycles. The van der Waals surface area contributed by atoms with Crippen molar-refractivity contribution in [1.29, 1.82) is 0 Å². The molecule has 0 aliphatic heterocycles. The van der Waals surface area contributed by atoms with E-state index in [0.717, 1.165) is 0 Å². The summed E-state index contributed by atoms with van der Waals surface area (Å²) in [6.45, 7) is 4.38. The molecule has 1 aliphatic rings. The van der Waals surface area contributed by atoms with Gasteiger partial charge >= 0.3 is 0 Å². The Labute approximate surface area is 83.6 Å². The van der Waals surface area contributed by atoms with Crippen molar-refractivity contribution in [1.82, 2.24) is 0 Å². The van der Waals surface area contributed by atoms with Crippen molar-refractivity contribution in [2.75, 3.05) is 0 Å². The smallest absolute Gasteiger partial charge is 0.0342 e. The largest absolute Gasteiger partial charge is 0.141 e. The highest BCUT2D eigenvalue weighted by molar-refractivity contribution is 7.13. The molecule has 1 aliphatic carbocycles. The fraction of sp³-hybridized carbons (Fsp3) is 0.333. The SMILES string of the molecule is CC1=CC(c2ccc(C)s2)=CCC1. The predicted octanol–water partition coefficient (Wildman–Crippen LogP) is 4.18. The molecule has 0 amide bonds. The summed E-state index contributed by atoms with van der Waals surface area (Å²) in [4.78, 5) is 2.81. The van der Waals surface area contributed by atoms with Crippen molar-refractivity contribution in [2.24, 2.45) is 0 Å². The molecule has 2 rings (SSSR count). The average molecular weight is 190 g/mol. The zero-order valence-electron chi connectivity index (χ0n) is 8.13. The van der Waals surface area contributed by atoms with E-state index in [0.29, 0.717) is 0 Å². The number of allylic oxidation sites excluding steroid dienone is 4. The minimum Gasteiger partial charge on any atom is -0.141 e. The Morgan fingerprint density at radius 1 is 1.23 bits per heavy atom. The van der Waals surface area contributed by atoms with Crippen molar-refractivity contribution in [3.05, 3.63) is 39.6 Å². The van der Waals surface area contributed by atoms with Gasteiger partial charge in [-0.05, 0) is 44.4 Å². The number of thiophene rings is 1. The second-order valence-corrected chi connectivity index (χ2v) is 4.89. The molecule has 0 radical (unpaired) electrons. The number of hydrogen-bond acceptors (Lipinski definition) is 1. The molecule has 0 spiro atoms. The zero-order chi connectivity index (χ0) is 9.26. The first-order chi connectivity index (χ1) is 6.25. The summed E-state index contributed by atoms with van der Waals surface area (Å²) in [6, 6.07) is 4.42. The van der Waals surface area contributed by atoms with E-state index in [1.54, 1.807) is 0 Å². The summed E-state index contributed by atoms with van der Waals surface area (Å²) < 4.78 is 0. The van der Waals surface area contributed by atoms with Crippen LogP contribution in [0.1, 0.15) is 29.5 Å². The van der Waals surface area contributed by atoms with Gasteiger partial charge in [0.05, 0.1) is 0 Å². The fourth-order valence-electron chi connectivity index (χ4n) is 1.61. The minimum absolute atomic E-state index is 1.20. The first-order valence-electron chi connectivity index (χ1n) is 4.70. The molecular formula is C12H14S. The maximum absolute atomic E-state index is 2.35. The highest BCUT2D eigenvalue weighted by Gasteiger charge is 2.05. The minimum atomic E-state index is 1.20. The molecule has 0 unspecified atom stereocenters. The maximum Gasteiger partial charge on any atom is 0.0342 e.